The number of rotatable bonds is 2. The summed E-state index contributed by atoms with van der Waals surface area (Å²) in [5.41, 5.74) is 6.95. The van der Waals surface area contributed by atoms with Crippen LogP contribution in [0.2, 0.25) is 0 Å². The molecule has 1 aromatic carbocycles. The first-order valence-electron chi connectivity index (χ1n) is 5.90. The number of benzene rings is 1. The Bertz CT molecular complexity index is 420. The number of thioether (sulfide) groups is 1. The van der Waals surface area contributed by atoms with Crippen molar-refractivity contribution in [1.29, 1.82) is 0 Å². The van der Waals surface area contributed by atoms with Crippen molar-refractivity contribution in [2.45, 2.75) is 24.8 Å². The average Bonchev–Trinajstić information content (AvgIpc) is 2.36. The molecule has 0 spiro atoms. The monoisotopic (exact) mass is 250 g/mol. The number of para-hydroxylation sites is 1. The Labute approximate surface area is 106 Å². The lowest BCUT2D eigenvalue weighted by Gasteiger charge is -2.31. The molecule has 92 valence electrons. The minimum absolute atomic E-state index is 0.0350. The summed E-state index contributed by atoms with van der Waals surface area (Å²) in [6, 6.07) is 7.60. The van der Waals surface area contributed by atoms with Gasteiger partial charge in [-0.3, -0.25) is 4.79 Å². The number of carbonyl (C=O) groups excluding carboxylic acids is 1. The highest BCUT2D eigenvalue weighted by atomic mass is 32.2. The molecule has 1 atom stereocenters. The lowest BCUT2D eigenvalue weighted by atomic mass is 10.0. The van der Waals surface area contributed by atoms with E-state index >= 15 is 0 Å². The molecule has 3 nitrogen and oxygen atoms in total. The molecule has 0 unspecified atom stereocenters. The highest BCUT2D eigenvalue weighted by Gasteiger charge is 2.28. The first kappa shape index (κ1) is 12.5. The van der Waals surface area contributed by atoms with Crippen LogP contribution >= 0.6 is 11.8 Å². The molecule has 0 radical (unpaired) electrons. The highest BCUT2D eigenvalue weighted by Crippen LogP contribution is 2.34. The van der Waals surface area contributed by atoms with Gasteiger partial charge in [0.2, 0.25) is 5.91 Å². The molecular formula is C13H18N2OS. The Morgan fingerprint density at radius 2 is 2.12 bits per heavy atom. The van der Waals surface area contributed by atoms with Crippen molar-refractivity contribution >= 4 is 23.4 Å². The SMILES string of the molecule is CC(C)[C@H](N)C(=O)N1CCSc2ccccc21. The van der Waals surface area contributed by atoms with Crippen LogP contribution in [0.15, 0.2) is 29.2 Å². The molecule has 1 aromatic rings. The van der Waals surface area contributed by atoms with Gasteiger partial charge in [-0.25, -0.2) is 0 Å². The van der Waals surface area contributed by atoms with Crippen LogP contribution in [0.25, 0.3) is 0 Å². The van der Waals surface area contributed by atoms with Gasteiger partial charge in [0, 0.05) is 17.2 Å². The maximum Gasteiger partial charge on any atom is 0.244 e. The van der Waals surface area contributed by atoms with Gasteiger partial charge >= 0.3 is 0 Å². The Morgan fingerprint density at radius 1 is 1.41 bits per heavy atom. The van der Waals surface area contributed by atoms with Gasteiger partial charge in [0.25, 0.3) is 0 Å². The number of hydrogen-bond donors (Lipinski definition) is 1. The Morgan fingerprint density at radius 3 is 2.82 bits per heavy atom. The van der Waals surface area contributed by atoms with Gasteiger partial charge in [-0.2, -0.15) is 0 Å². The van der Waals surface area contributed by atoms with E-state index < -0.39 is 6.04 Å². The molecule has 0 saturated heterocycles. The maximum atomic E-state index is 12.3. The number of anilines is 1. The summed E-state index contributed by atoms with van der Waals surface area (Å²) in [4.78, 5) is 15.3. The van der Waals surface area contributed by atoms with E-state index in [1.54, 1.807) is 11.8 Å². The van der Waals surface area contributed by atoms with E-state index in [1.807, 2.05) is 36.9 Å². The predicted molar refractivity (Wildman–Crippen MR) is 72.3 cm³/mol. The third-order valence-electron chi connectivity index (χ3n) is 3.00. The minimum Gasteiger partial charge on any atom is -0.320 e. The number of nitrogens with zero attached hydrogens (tertiary/aromatic N) is 1. The lowest BCUT2D eigenvalue weighted by molar-refractivity contribution is -0.120. The lowest BCUT2D eigenvalue weighted by Crippen LogP contribution is -2.48. The fourth-order valence-corrected chi connectivity index (χ4v) is 2.86. The molecule has 1 aliphatic heterocycles. The topological polar surface area (TPSA) is 46.3 Å². The van der Waals surface area contributed by atoms with Gasteiger partial charge in [-0.15, -0.1) is 11.8 Å². The van der Waals surface area contributed by atoms with Crippen molar-refractivity contribution in [3.8, 4) is 0 Å². The van der Waals surface area contributed by atoms with Gasteiger partial charge in [-0.1, -0.05) is 26.0 Å². The summed E-state index contributed by atoms with van der Waals surface area (Å²) < 4.78 is 0. The second kappa shape index (κ2) is 5.10. The van der Waals surface area contributed by atoms with Gasteiger partial charge < -0.3 is 10.6 Å². The minimum atomic E-state index is -0.411. The summed E-state index contributed by atoms with van der Waals surface area (Å²) in [5, 5.41) is 0. The standard InChI is InChI=1S/C13H18N2OS/c1-9(2)12(14)13(16)15-7-8-17-11-6-4-3-5-10(11)15/h3-6,9,12H,7-8,14H2,1-2H3/t12-/m0/s1. The number of amides is 1. The van der Waals surface area contributed by atoms with E-state index in [2.05, 4.69) is 6.07 Å². The fraction of sp³-hybridized carbons (Fsp3) is 0.462. The van der Waals surface area contributed by atoms with Crippen LogP contribution in [-0.4, -0.2) is 24.2 Å². The first-order chi connectivity index (χ1) is 8.11. The molecule has 0 aliphatic carbocycles. The van der Waals surface area contributed by atoms with E-state index in [4.69, 9.17) is 5.73 Å². The number of fused-ring (bicyclic) bond motifs is 1. The third kappa shape index (κ3) is 2.48. The molecule has 0 aromatic heterocycles. The summed E-state index contributed by atoms with van der Waals surface area (Å²) in [6.45, 7) is 4.71. The largest absolute Gasteiger partial charge is 0.320 e. The molecule has 0 bridgehead atoms. The smallest absolute Gasteiger partial charge is 0.244 e. The van der Waals surface area contributed by atoms with Crippen molar-refractivity contribution in [2.75, 3.05) is 17.2 Å². The summed E-state index contributed by atoms with van der Waals surface area (Å²) in [5.74, 6) is 1.14. The Hall–Kier alpha value is -1.00. The second-order valence-electron chi connectivity index (χ2n) is 4.58. The van der Waals surface area contributed by atoms with E-state index in [1.165, 1.54) is 4.90 Å². The van der Waals surface area contributed by atoms with Gasteiger partial charge in [0.1, 0.15) is 0 Å². The molecule has 2 N–H and O–H groups in total. The van der Waals surface area contributed by atoms with Crippen LogP contribution in [0.1, 0.15) is 13.8 Å². The highest BCUT2D eigenvalue weighted by molar-refractivity contribution is 7.99. The van der Waals surface area contributed by atoms with Crippen LogP contribution in [0.5, 0.6) is 0 Å². The second-order valence-corrected chi connectivity index (χ2v) is 5.71. The van der Waals surface area contributed by atoms with Crippen molar-refractivity contribution in [3.05, 3.63) is 24.3 Å². The molecule has 0 saturated carbocycles. The van der Waals surface area contributed by atoms with E-state index in [0.29, 0.717) is 0 Å². The van der Waals surface area contributed by atoms with E-state index in [-0.39, 0.29) is 11.8 Å². The van der Waals surface area contributed by atoms with Crippen molar-refractivity contribution in [3.63, 3.8) is 0 Å². The Balaban J connectivity index is 2.27. The molecule has 4 heteroatoms. The van der Waals surface area contributed by atoms with Gasteiger partial charge in [0.15, 0.2) is 0 Å². The summed E-state index contributed by atoms with van der Waals surface area (Å²) in [6.07, 6.45) is 0. The maximum absolute atomic E-state index is 12.3. The van der Waals surface area contributed by atoms with Crippen LogP contribution in [0.3, 0.4) is 0 Å². The quantitative estimate of drug-likeness (QED) is 0.874. The van der Waals surface area contributed by atoms with Crippen LogP contribution in [-0.2, 0) is 4.79 Å². The molecule has 1 heterocycles. The number of hydrogen-bond acceptors (Lipinski definition) is 3. The summed E-state index contributed by atoms with van der Waals surface area (Å²) in [7, 11) is 0. The number of carbonyl (C=O) groups is 1. The molecule has 1 aliphatic rings. The molecule has 0 fully saturated rings. The third-order valence-corrected chi connectivity index (χ3v) is 4.04. The van der Waals surface area contributed by atoms with Crippen LogP contribution in [0.4, 0.5) is 5.69 Å². The number of nitrogens with two attached hydrogens (primary N) is 1. The fourth-order valence-electron chi connectivity index (χ4n) is 1.86. The molecular weight excluding hydrogens is 232 g/mol. The zero-order valence-electron chi connectivity index (χ0n) is 10.2. The zero-order valence-corrected chi connectivity index (χ0v) is 11.0. The van der Waals surface area contributed by atoms with Crippen molar-refractivity contribution < 1.29 is 4.79 Å². The molecule has 1 amide bonds. The normalized spacial score (nSPS) is 16.8. The van der Waals surface area contributed by atoms with Crippen LogP contribution in [0, 0.1) is 5.92 Å². The summed E-state index contributed by atoms with van der Waals surface area (Å²) >= 11 is 1.80. The van der Waals surface area contributed by atoms with E-state index in [9.17, 15) is 4.79 Å². The van der Waals surface area contributed by atoms with Crippen molar-refractivity contribution in [2.24, 2.45) is 11.7 Å². The first-order valence-corrected chi connectivity index (χ1v) is 6.88. The van der Waals surface area contributed by atoms with E-state index in [0.717, 1.165) is 18.0 Å². The zero-order chi connectivity index (χ0) is 12.4. The van der Waals surface area contributed by atoms with Crippen LogP contribution < -0.4 is 10.6 Å². The molecule has 17 heavy (non-hydrogen) atoms. The average molecular weight is 250 g/mol. The van der Waals surface area contributed by atoms with Crippen molar-refractivity contribution in [1.82, 2.24) is 0 Å². The van der Waals surface area contributed by atoms with Gasteiger partial charge in [0.05, 0.1) is 11.7 Å². The molecule has 2 rings (SSSR count). The predicted octanol–water partition coefficient (Wildman–Crippen LogP) is 2.11. The van der Waals surface area contributed by atoms with Gasteiger partial charge in [-0.05, 0) is 18.1 Å². The Kier molecular flexibility index (Phi) is 3.74.